The summed E-state index contributed by atoms with van der Waals surface area (Å²) >= 11 is 0. The van der Waals surface area contributed by atoms with E-state index in [0.717, 1.165) is 31.0 Å². The smallest absolute Gasteiger partial charge is 0.122 e. The predicted octanol–water partition coefficient (Wildman–Crippen LogP) is 3.91. The molecule has 0 saturated carbocycles. The molecule has 0 spiro atoms. The summed E-state index contributed by atoms with van der Waals surface area (Å²) in [7, 11) is 2.10. The lowest BCUT2D eigenvalue weighted by Crippen LogP contribution is -2.21. The first-order chi connectivity index (χ1) is 10.1. The van der Waals surface area contributed by atoms with E-state index < -0.39 is 0 Å². The van der Waals surface area contributed by atoms with Gasteiger partial charge in [0.15, 0.2) is 0 Å². The average molecular weight is 284 g/mol. The predicted molar refractivity (Wildman–Crippen MR) is 88.3 cm³/mol. The molecule has 0 fully saturated rings. The number of anilines is 1. The van der Waals surface area contributed by atoms with Crippen LogP contribution in [0.25, 0.3) is 0 Å². The zero-order chi connectivity index (χ0) is 15.2. The Hall–Kier alpha value is -2.03. The third-order valence-electron chi connectivity index (χ3n) is 3.62. The summed E-state index contributed by atoms with van der Waals surface area (Å²) in [5, 5.41) is 0. The Morgan fingerprint density at radius 2 is 1.95 bits per heavy atom. The van der Waals surface area contributed by atoms with Gasteiger partial charge in [0.05, 0.1) is 18.0 Å². The van der Waals surface area contributed by atoms with Gasteiger partial charge in [-0.1, -0.05) is 17.7 Å². The number of nitrogens with zero attached hydrogens (tertiary/aromatic N) is 2. The van der Waals surface area contributed by atoms with Gasteiger partial charge in [-0.3, -0.25) is 4.98 Å². The van der Waals surface area contributed by atoms with Crippen LogP contribution in [-0.2, 0) is 0 Å². The third-order valence-corrected chi connectivity index (χ3v) is 3.62. The Morgan fingerprint density at radius 3 is 2.67 bits per heavy atom. The number of hydrogen-bond donors (Lipinski definition) is 0. The van der Waals surface area contributed by atoms with E-state index in [0.29, 0.717) is 0 Å². The minimum absolute atomic E-state index is 0.730. The van der Waals surface area contributed by atoms with Gasteiger partial charge >= 0.3 is 0 Å². The van der Waals surface area contributed by atoms with Crippen LogP contribution in [0, 0.1) is 20.8 Å². The van der Waals surface area contributed by atoms with Crippen molar-refractivity contribution in [2.24, 2.45) is 0 Å². The molecule has 0 atom stereocenters. The normalized spacial score (nSPS) is 10.5. The summed E-state index contributed by atoms with van der Waals surface area (Å²) in [6.45, 7) is 7.92. The van der Waals surface area contributed by atoms with Gasteiger partial charge < -0.3 is 9.64 Å². The highest BCUT2D eigenvalue weighted by atomic mass is 16.5. The number of ether oxygens (including phenoxy) is 1. The second-order valence-electron chi connectivity index (χ2n) is 5.50. The van der Waals surface area contributed by atoms with Crippen molar-refractivity contribution in [3.8, 4) is 5.75 Å². The number of benzene rings is 1. The van der Waals surface area contributed by atoms with Crippen LogP contribution in [0.4, 0.5) is 5.69 Å². The van der Waals surface area contributed by atoms with Crippen molar-refractivity contribution in [1.82, 2.24) is 4.98 Å². The minimum Gasteiger partial charge on any atom is -0.493 e. The number of hydrogen-bond acceptors (Lipinski definition) is 3. The van der Waals surface area contributed by atoms with Crippen molar-refractivity contribution < 1.29 is 4.74 Å². The van der Waals surface area contributed by atoms with Gasteiger partial charge in [0.2, 0.25) is 0 Å². The molecule has 1 aromatic carbocycles. The number of aryl methyl sites for hydroxylation is 3. The molecule has 0 aliphatic rings. The van der Waals surface area contributed by atoms with Crippen LogP contribution in [0.1, 0.15) is 23.2 Å². The molecule has 1 aromatic heterocycles. The molecule has 3 nitrogen and oxygen atoms in total. The first kappa shape index (κ1) is 15.4. The lowest BCUT2D eigenvalue weighted by atomic mass is 10.1. The molecule has 2 aromatic rings. The van der Waals surface area contributed by atoms with Gasteiger partial charge in [-0.15, -0.1) is 0 Å². The SMILES string of the molecule is Cc1ccc(OCCCN(C)c2cccnc2C)c(C)c1. The maximum absolute atomic E-state index is 5.87. The van der Waals surface area contributed by atoms with Crippen LogP contribution in [-0.4, -0.2) is 25.2 Å². The molecule has 0 radical (unpaired) electrons. The molecule has 21 heavy (non-hydrogen) atoms. The Morgan fingerprint density at radius 1 is 1.14 bits per heavy atom. The van der Waals surface area contributed by atoms with Gasteiger partial charge in [-0.05, 0) is 51.0 Å². The Balaban J connectivity index is 1.81. The quantitative estimate of drug-likeness (QED) is 0.752. The Bertz CT molecular complexity index is 596. The molecular weight excluding hydrogens is 260 g/mol. The zero-order valence-electron chi connectivity index (χ0n) is 13.4. The molecule has 2 rings (SSSR count). The highest BCUT2D eigenvalue weighted by Gasteiger charge is 2.05. The maximum Gasteiger partial charge on any atom is 0.122 e. The fourth-order valence-corrected chi connectivity index (χ4v) is 2.44. The van der Waals surface area contributed by atoms with Gasteiger partial charge in [0.1, 0.15) is 5.75 Å². The minimum atomic E-state index is 0.730. The van der Waals surface area contributed by atoms with Crippen LogP contribution in [0.15, 0.2) is 36.5 Å². The Labute approximate surface area is 127 Å². The lowest BCUT2D eigenvalue weighted by Gasteiger charge is -2.20. The van der Waals surface area contributed by atoms with E-state index in [2.05, 4.69) is 55.0 Å². The van der Waals surface area contributed by atoms with E-state index in [1.165, 1.54) is 16.8 Å². The van der Waals surface area contributed by atoms with Gasteiger partial charge in [-0.25, -0.2) is 0 Å². The number of rotatable bonds is 6. The summed E-state index contributed by atoms with van der Waals surface area (Å²) in [6, 6.07) is 10.4. The van der Waals surface area contributed by atoms with E-state index in [1.54, 1.807) is 0 Å². The van der Waals surface area contributed by atoms with Crippen molar-refractivity contribution in [3.63, 3.8) is 0 Å². The van der Waals surface area contributed by atoms with Crippen molar-refractivity contribution in [3.05, 3.63) is 53.3 Å². The van der Waals surface area contributed by atoms with E-state index >= 15 is 0 Å². The molecule has 0 amide bonds. The van der Waals surface area contributed by atoms with E-state index in [4.69, 9.17) is 4.74 Å². The topological polar surface area (TPSA) is 25.4 Å². The first-order valence-electron chi connectivity index (χ1n) is 7.41. The van der Waals surface area contributed by atoms with Gasteiger partial charge in [-0.2, -0.15) is 0 Å². The first-order valence-corrected chi connectivity index (χ1v) is 7.41. The van der Waals surface area contributed by atoms with Crippen LogP contribution in [0.2, 0.25) is 0 Å². The third kappa shape index (κ3) is 4.22. The van der Waals surface area contributed by atoms with Crippen molar-refractivity contribution >= 4 is 5.69 Å². The van der Waals surface area contributed by atoms with Crippen LogP contribution >= 0.6 is 0 Å². The van der Waals surface area contributed by atoms with E-state index in [9.17, 15) is 0 Å². The molecule has 0 bridgehead atoms. The van der Waals surface area contributed by atoms with Crippen LogP contribution < -0.4 is 9.64 Å². The van der Waals surface area contributed by atoms with Crippen molar-refractivity contribution in [1.29, 1.82) is 0 Å². The molecule has 0 N–H and O–H groups in total. The second-order valence-corrected chi connectivity index (χ2v) is 5.50. The Kier molecular flexibility index (Phi) is 5.20. The summed E-state index contributed by atoms with van der Waals surface area (Å²) in [6.07, 6.45) is 2.81. The molecular formula is C18H24N2O. The molecule has 0 aliphatic heterocycles. The van der Waals surface area contributed by atoms with Crippen molar-refractivity contribution in [2.45, 2.75) is 27.2 Å². The fourth-order valence-electron chi connectivity index (χ4n) is 2.44. The second kappa shape index (κ2) is 7.11. The fraction of sp³-hybridized carbons (Fsp3) is 0.389. The maximum atomic E-state index is 5.87. The lowest BCUT2D eigenvalue weighted by molar-refractivity contribution is 0.310. The highest BCUT2D eigenvalue weighted by Crippen LogP contribution is 2.19. The molecule has 0 unspecified atom stereocenters. The molecule has 1 heterocycles. The summed E-state index contributed by atoms with van der Waals surface area (Å²) in [5.74, 6) is 0.987. The summed E-state index contributed by atoms with van der Waals surface area (Å²) in [4.78, 5) is 6.55. The summed E-state index contributed by atoms with van der Waals surface area (Å²) in [5.41, 5.74) is 4.72. The largest absolute Gasteiger partial charge is 0.493 e. The van der Waals surface area contributed by atoms with Gasteiger partial charge in [0.25, 0.3) is 0 Å². The molecule has 3 heteroatoms. The highest BCUT2D eigenvalue weighted by molar-refractivity contribution is 5.48. The monoisotopic (exact) mass is 284 g/mol. The zero-order valence-corrected chi connectivity index (χ0v) is 13.4. The standard InChI is InChI=1S/C18H24N2O/c1-14-8-9-18(15(2)13-14)21-12-6-11-20(4)17-7-5-10-19-16(17)3/h5,7-10,13H,6,11-12H2,1-4H3. The van der Waals surface area contributed by atoms with Gasteiger partial charge in [0, 0.05) is 19.8 Å². The van der Waals surface area contributed by atoms with Crippen LogP contribution in [0.3, 0.4) is 0 Å². The number of pyridine rings is 1. The van der Waals surface area contributed by atoms with E-state index in [1.807, 2.05) is 19.2 Å². The van der Waals surface area contributed by atoms with Crippen LogP contribution in [0.5, 0.6) is 5.75 Å². The summed E-state index contributed by atoms with van der Waals surface area (Å²) < 4.78 is 5.87. The average Bonchev–Trinajstić information content (AvgIpc) is 2.45. The number of aromatic nitrogens is 1. The molecule has 112 valence electrons. The molecule has 0 aliphatic carbocycles. The van der Waals surface area contributed by atoms with E-state index in [-0.39, 0.29) is 0 Å². The molecule has 0 saturated heterocycles. The van der Waals surface area contributed by atoms with Crippen molar-refractivity contribution in [2.75, 3.05) is 25.1 Å².